The fourth-order valence-electron chi connectivity index (χ4n) is 2.24. The van der Waals surface area contributed by atoms with E-state index in [0.717, 1.165) is 11.3 Å². The zero-order chi connectivity index (χ0) is 13.1. The van der Waals surface area contributed by atoms with Gasteiger partial charge in [0.25, 0.3) is 0 Å². The van der Waals surface area contributed by atoms with Gasteiger partial charge in [-0.15, -0.1) is 0 Å². The van der Waals surface area contributed by atoms with Crippen LogP contribution in [0.1, 0.15) is 57.1 Å². The molecule has 0 fully saturated rings. The largest absolute Gasteiger partial charge is 0.339 e. The summed E-state index contributed by atoms with van der Waals surface area (Å²) in [6.45, 7) is 14.7. The van der Waals surface area contributed by atoms with Crippen molar-refractivity contribution < 1.29 is 0 Å². The molecule has 0 radical (unpaired) electrons. The first-order valence-electron chi connectivity index (χ1n) is 5.87. The monoisotopic (exact) mass is 220 g/mol. The van der Waals surface area contributed by atoms with E-state index in [4.69, 9.17) is 5.26 Å². The van der Waals surface area contributed by atoms with E-state index >= 15 is 0 Å². The molecule has 1 rings (SSSR count). The lowest BCUT2D eigenvalue weighted by molar-refractivity contribution is 0.580. The molecule has 0 aromatic carbocycles. The Morgan fingerprint density at radius 3 is 1.75 bits per heavy atom. The Morgan fingerprint density at radius 2 is 1.56 bits per heavy atom. The molecule has 2 nitrogen and oxygen atoms in total. The summed E-state index contributed by atoms with van der Waals surface area (Å²) in [7, 11) is 1.95. The van der Waals surface area contributed by atoms with Crippen molar-refractivity contribution >= 4 is 0 Å². The molecule has 0 atom stereocenters. The Bertz CT molecular complexity index is 398. The van der Waals surface area contributed by atoms with Crippen LogP contribution in [0, 0.1) is 25.2 Å². The van der Waals surface area contributed by atoms with E-state index in [-0.39, 0.29) is 5.41 Å². The number of hydrogen-bond acceptors (Lipinski definition) is 1. The predicted molar refractivity (Wildman–Crippen MR) is 69.7 cm³/mol. The number of nitrogens with zero attached hydrogens (tertiary/aromatic N) is 2. The standard InChI is InChI=1S/C12H18N2.C2H6/c1-8-10(7-13)14(6)9(2)11(8)12(3,4)5;1-2/h1-6H3;1-2H3. The Hall–Kier alpha value is -1.23. The van der Waals surface area contributed by atoms with Gasteiger partial charge >= 0.3 is 0 Å². The molecule has 0 aliphatic rings. The van der Waals surface area contributed by atoms with Crippen molar-refractivity contribution in [3.63, 3.8) is 0 Å². The third-order valence-corrected chi connectivity index (χ3v) is 2.79. The Kier molecular flexibility index (Phi) is 4.81. The van der Waals surface area contributed by atoms with Gasteiger partial charge in [0.2, 0.25) is 0 Å². The van der Waals surface area contributed by atoms with Crippen LogP contribution in [0.4, 0.5) is 0 Å². The topological polar surface area (TPSA) is 28.7 Å². The van der Waals surface area contributed by atoms with Crippen LogP contribution in [0.5, 0.6) is 0 Å². The molecule has 1 aromatic heterocycles. The van der Waals surface area contributed by atoms with E-state index in [2.05, 4.69) is 33.8 Å². The quantitative estimate of drug-likeness (QED) is 0.653. The molecular formula is C14H24N2. The van der Waals surface area contributed by atoms with Crippen LogP contribution in [-0.4, -0.2) is 4.57 Å². The summed E-state index contributed by atoms with van der Waals surface area (Å²) in [6, 6.07) is 2.26. The predicted octanol–water partition coefficient (Wildman–Crippen LogP) is 3.84. The molecule has 0 spiro atoms. The highest BCUT2D eigenvalue weighted by Gasteiger charge is 2.24. The molecule has 0 N–H and O–H groups in total. The lowest BCUT2D eigenvalue weighted by Crippen LogP contribution is -2.13. The lowest BCUT2D eigenvalue weighted by atomic mass is 9.84. The van der Waals surface area contributed by atoms with Crippen molar-refractivity contribution in [2.24, 2.45) is 7.05 Å². The van der Waals surface area contributed by atoms with Crippen molar-refractivity contribution in [2.45, 2.75) is 53.9 Å². The SMILES string of the molecule is CC.Cc1c(C(C)(C)C)c(C)n(C)c1C#N. The smallest absolute Gasteiger partial charge is 0.123 e. The lowest BCUT2D eigenvalue weighted by Gasteiger charge is -2.20. The van der Waals surface area contributed by atoms with Crippen LogP contribution in [0.3, 0.4) is 0 Å². The van der Waals surface area contributed by atoms with Gasteiger partial charge in [0.15, 0.2) is 0 Å². The zero-order valence-corrected chi connectivity index (χ0v) is 11.9. The maximum absolute atomic E-state index is 9.03. The molecule has 0 bridgehead atoms. The van der Waals surface area contributed by atoms with E-state index in [9.17, 15) is 0 Å². The average molecular weight is 220 g/mol. The molecule has 0 aliphatic heterocycles. The molecule has 16 heavy (non-hydrogen) atoms. The van der Waals surface area contributed by atoms with Crippen LogP contribution in [0.2, 0.25) is 0 Å². The van der Waals surface area contributed by atoms with Crippen molar-refractivity contribution in [3.05, 3.63) is 22.5 Å². The van der Waals surface area contributed by atoms with Crippen LogP contribution in [0.25, 0.3) is 0 Å². The molecule has 90 valence electrons. The van der Waals surface area contributed by atoms with Crippen molar-refractivity contribution in [2.75, 3.05) is 0 Å². The summed E-state index contributed by atoms with van der Waals surface area (Å²) < 4.78 is 1.98. The summed E-state index contributed by atoms with van der Waals surface area (Å²) in [5.41, 5.74) is 4.52. The minimum Gasteiger partial charge on any atom is -0.339 e. The van der Waals surface area contributed by atoms with Crippen LogP contribution in [0.15, 0.2) is 0 Å². The van der Waals surface area contributed by atoms with E-state index in [1.807, 2.05) is 32.4 Å². The van der Waals surface area contributed by atoms with Crippen LogP contribution < -0.4 is 0 Å². The van der Waals surface area contributed by atoms with Gasteiger partial charge in [-0.25, -0.2) is 0 Å². The molecule has 1 aromatic rings. The first-order chi connectivity index (χ1) is 7.30. The second-order valence-electron chi connectivity index (χ2n) is 4.85. The molecule has 0 amide bonds. The van der Waals surface area contributed by atoms with Gasteiger partial charge < -0.3 is 4.57 Å². The van der Waals surface area contributed by atoms with Gasteiger partial charge in [0, 0.05) is 12.7 Å². The minimum absolute atomic E-state index is 0.112. The number of aromatic nitrogens is 1. The molecule has 0 aliphatic carbocycles. The van der Waals surface area contributed by atoms with Gasteiger partial charge in [-0.3, -0.25) is 0 Å². The summed E-state index contributed by atoms with van der Waals surface area (Å²) in [5.74, 6) is 0. The second-order valence-corrected chi connectivity index (χ2v) is 4.85. The van der Waals surface area contributed by atoms with Gasteiger partial charge in [-0.05, 0) is 30.4 Å². The first kappa shape index (κ1) is 14.8. The maximum Gasteiger partial charge on any atom is 0.123 e. The Labute approximate surface area is 99.9 Å². The average Bonchev–Trinajstić information content (AvgIpc) is 2.40. The Balaban J connectivity index is 0.00000106. The van der Waals surface area contributed by atoms with Crippen LogP contribution in [-0.2, 0) is 12.5 Å². The van der Waals surface area contributed by atoms with Gasteiger partial charge in [0.1, 0.15) is 11.8 Å². The van der Waals surface area contributed by atoms with Crippen molar-refractivity contribution in [1.82, 2.24) is 4.57 Å². The summed E-state index contributed by atoms with van der Waals surface area (Å²) in [4.78, 5) is 0. The van der Waals surface area contributed by atoms with E-state index in [1.165, 1.54) is 11.3 Å². The molecule has 0 saturated heterocycles. The minimum atomic E-state index is 0.112. The fourth-order valence-corrected chi connectivity index (χ4v) is 2.24. The normalized spacial score (nSPS) is 10.4. The molecule has 1 heterocycles. The van der Waals surface area contributed by atoms with E-state index in [1.54, 1.807) is 0 Å². The highest BCUT2D eigenvalue weighted by atomic mass is 15.0. The van der Waals surface area contributed by atoms with Gasteiger partial charge in [-0.2, -0.15) is 5.26 Å². The molecular weight excluding hydrogens is 196 g/mol. The summed E-state index contributed by atoms with van der Waals surface area (Å²) >= 11 is 0. The third-order valence-electron chi connectivity index (χ3n) is 2.79. The Morgan fingerprint density at radius 1 is 1.12 bits per heavy atom. The third kappa shape index (κ3) is 2.47. The van der Waals surface area contributed by atoms with Gasteiger partial charge in [0.05, 0.1) is 0 Å². The zero-order valence-electron chi connectivity index (χ0n) is 11.9. The van der Waals surface area contributed by atoms with E-state index < -0.39 is 0 Å². The molecule has 0 unspecified atom stereocenters. The highest BCUT2D eigenvalue weighted by Crippen LogP contribution is 2.31. The van der Waals surface area contributed by atoms with Crippen molar-refractivity contribution in [1.29, 1.82) is 5.26 Å². The number of nitriles is 1. The highest BCUT2D eigenvalue weighted by molar-refractivity contribution is 5.46. The first-order valence-corrected chi connectivity index (χ1v) is 5.87. The van der Waals surface area contributed by atoms with Crippen molar-refractivity contribution in [3.8, 4) is 6.07 Å². The maximum atomic E-state index is 9.03. The van der Waals surface area contributed by atoms with Crippen LogP contribution >= 0.6 is 0 Å². The fraction of sp³-hybridized carbons (Fsp3) is 0.643. The van der Waals surface area contributed by atoms with Gasteiger partial charge in [-0.1, -0.05) is 34.6 Å². The molecule has 0 saturated carbocycles. The summed E-state index contributed by atoms with van der Waals surface area (Å²) in [5, 5.41) is 9.03. The number of hydrogen-bond donors (Lipinski definition) is 0. The number of rotatable bonds is 0. The summed E-state index contributed by atoms with van der Waals surface area (Å²) in [6.07, 6.45) is 0. The van der Waals surface area contributed by atoms with E-state index in [0.29, 0.717) is 0 Å². The second kappa shape index (κ2) is 5.21. The molecule has 2 heteroatoms.